The van der Waals surface area contributed by atoms with Crippen molar-refractivity contribution in [2.24, 2.45) is 0 Å². The number of nitrogen functional groups attached to an aromatic ring is 1. The maximum Gasteiger partial charge on any atom is 0.220 e. The number of benzene rings is 1. The van der Waals surface area contributed by atoms with E-state index in [2.05, 4.69) is 5.32 Å². The monoisotopic (exact) mass is 252 g/mol. The third-order valence-corrected chi connectivity index (χ3v) is 2.74. The highest BCUT2D eigenvalue weighted by atomic mass is 16.3. The van der Waals surface area contributed by atoms with Gasteiger partial charge in [-0.3, -0.25) is 4.79 Å². The number of aliphatic hydroxyl groups excluding tert-OH is 2. The average molecular weight is 252 g/mol. The number of nitrogens with one attached hydrogen (secondary N) is 1. The van der Waals surface area contributed by atoms with Crippen LogP contribution in [0, 0.1) is 0 Å². The summed E-state index contributed by atoms with van der Waals surface area (Å²) >= 11 is 0. The molecule has 0 heterocycles. The molecule has 0 bridgehead atoms. The summed E-state index contributed by atoms with van der Waals surface area (Å²) < 4.78 is 0. The van der Waals surface area contributed by atoms with Gasteiger partial charge in [0.2, 0.25) is 5.91 Å². The Balaban J connectivity index is 2.42. The van der Waals surface area contributed by atoms with Gasteiger partial charge in [0.05, 0.1) is 12.7 Å². The Morgan fingerprint density at radius 2 is 2.00 bits per heavy atom. The number of rotatable bonds is 6. The topological polar surface area (TPSA) is 95.6 Å². The molecule has 2 unspecified atom stereocenters. The van der Waals surface area contributed by atoms with Crippen molar-refractivity contribution in [1.29, 1.82) is 0 Å². The molecule has 0 spiro atoms. The molecular formula is C13H20N2O3. The molecule has 0 radical (unpaired) electrons. The fourth-order valence-corrected chi connectivity index (χ4v) is 1.59. The van der Waals surface area contributed by atoms with Gasteiger partial charge < -0.3 is 21.3 Å². The summed E-state index contributed by atoms with van der Waals surface area (Å²) in [7, 11) is 0. The van der Waals surface area contributed by atoms with E-state index < -0.39 is 6.10 Å². The van der Waals surface area contributed by atoms with Crippen molar-refractivity contribution in [2.45, 2.75) is 25.4 Å². The van der Waals surface area contributed by atoms with Gasteiger partial charge >= 0.3 is 0 Å². The highest BCUT2D eigenvalue weighted by molar-refractivity contribution is 5.76. The van der Waals surface area contributed by atoms with Gasteiger partial charge in [-0.1, -0.05) is 19.1 Å². The lowest BCUT2D eigenvalue weighted by Crippen LogP contribution is -2.34. The van der Waals surface area contributed by atoms with Crippen molar-refractivity contribution in [3.05, 3.63) is 29.8 Å². The molecule has 1 amide bonds. The summed E-state index contributed by atoms with van der Waals surface area (Å²) in [5.74, 6) is -0.0660. The number of hydrogen-bond acceptors (Lipinski definition) is 4. The zero-order valence-electron chi connectivity index (χ0n) is 10.5. The van der Waals surface area contributed by atoms with Crippen molar-refractivity contribution >= 4 is 11.6 Å². The lowest BCUT2D eigenvalue weighted by molar-refractivity contribution is -0.122. The molecule has 0 aliphatic carbocycles. The Morgan fingerprint density at radius 1 is 1.39 bits per heavy atom. The summed E-state index contributed by atoms with van der Waals surface area (Å²) in [6, 6.07) is 7.41. The molecule has 1 rings (SSSR count). The second kappa shape index (κ2) is 6.98. The van der Waals surface area contributed by atoms with Crippen LogP contribution in [0.2, 0.25) is 0 Å². The summed E-state index contributed by atoms with van der Waals surface area (Å²) in [5, 5.41) is 20.3. The Hall–Kier alpha value is -1.59. The van der Waals surface area contributed by atoms with E-state index in [0.29, 0.717) is 12.1 Å². The molecule has 5 heteroatoms. The minimum Gasteiger partial charge on any atom is -0.399 e. The molecule has 5 nitrogen and oxygen atoms in total. The van der Waals surface area contributed by atoms with Gasteiger partial charge in [-0.25, -0.2) is 0 Å². The molecule has 0 aliphatic rings. The number of hydrogen-bond donors (Lipinski definition) is 4. The Labute approximate surface area is 107 Å². The standard InChI is InChI=1S/C13H20N2O3/c1-9(10-2-4-11(14)5-3-10)6-13(18)15-7-12(17)8-16/h2-5,9,12,16-17H,6-8,14H2,1H3,(H,15,18). The number of aliphatic hydroxyl groups is 2. The first kappa shape index (κ1) is 14.5. The van der Waals surface area contributed by atoms with Crippen LogP contribution in [-0.2, 0) is 4.79 Å². The zero-order chi connectivity index (χ0) is 13.5. The van der Waals surface area contributed by atoms with Crippen LogP contribution in [0.1, 0.15) is 24.8 Å². The number of carbonyl (C=O) groups excluding carboxylic acids is 1. The van der Waals surface area contributed by atoms with E-state index in [0.717, 1.165) is 5.56 Å². The molecule has 100 valence electrons. The van der Waals surface area contributed by atoms with Crippen molar-refractivity contribution < 1.29 is 15.0 Å². The van der Waals surface area contributed by atoms with Crippen LogP contribution in [0.15, 0.2) is 24.3 Å². The minimum atomic E-state index is -0.902. The largest absolute Gasteiger partial charge is 0.399 e. The highest BCUT2D eigenvalue weighted by Crippen LogP contribution is 2.19. The van der Waals surface area contributed by atoms with Crippen molar-refractivity contribution in [1.82, 2.24) is 5.32 Å². The third kappa shape index (κ3) is 4.73. The molecule has 0 fully saturated rings. The van der Waals surface area contributed by atoms with E-state index in [4.69, 9.17) is 15.9 Å². The van der Waals surface area contributed by atoms with Gasteiger partial charge in [0.1, 0.15) is 0 Å². The Kier molecular flexibility index (Phi) is 5.61. The molecule has 0 aromatic heterocycles. The van der Waals surface area contributed by atoms with Crippen LogP contribution in [-0.4, -0.2) is 35.4 Å². The van der Waals surface area contributed by atoms with Crippen molar-refractivity contribution in [3.63, 3.8) is 0 Å². The lowest BCUT2D eigenvalue weighted by atomic mass is 9.97. The van der Waals surface area contributed by atoms with Crippen LogP contribution in [0.4, 0.5) is 5.69 Å². The second-order valence-corrected chi connectivity index (χ2v) is 4.41. The van der Waals surface area contributed by atoms with E-state index in [1.54, 1.807) is 12.1 Å². The minimum absolute atomic E-state index is 0.0732. The first-order valence-electron chi connectivity index (χ1n) is 5.94. The molecule has 0 saturated carbocycles. The van der Waals surface area contributed by atoms with E-state index in [1.807, 2.05) is 19.1 Å². The molecule has 18 heavy (non-hydrogen) atoms. The van der Waals surface area contributed by atoms with Gasteiger partial charge in [-0.15, -0.1) is 0 Å². The van der Waals surface area contributed by atoms with Gasteiger partial charge in [0.15, 0.2) is 0 Å². The second-order valence-electron chi connectivity index (χ2n) is 4.41. The van der Waals surface area contributed by atoms with Gasteiger partial charge in [-0.2, -0.15) is 0 Å². The lowest BCUT2D eigenvalue weighted by Gasteiger charge is -2.13. The maximum atomic E-state index is 11.6. The van der Waals surface area contributed by atoms with Crippen molar-refractivity contribution in [3.8, 4) is 0 Å². The Bertz CT molecular complexity index is 378. The van der Waals surface area contributed by atoms with E-state index in [-0.39, 0.29) is 25.0 Å². The fourth-order valence-electron chi connectivity index (χ4n) is 1.59. The first-order chi connectivity index (χ1) is 8.52. The van der Waals surface area contributed by atoms with Crippen LogP contribution in [0.25, 0.3) is 0 Å². The SMILES string of the molecule is CC(CC(=O)NCC(O)CO)c1ccc(N)cc1. The predicted molar refractivity (Wildman–Crippen MR) is 70.0 cm³/mol. The van der Waals surface area contributed by atoms with Crippen molar-refractivity contribution in [2.75, 3.05) is 18.9 Å². The smallest absolute Gasteiger partial charge is 0.220 e. The van der Waals surface area contributed by atoms with E-state index in [9.17, 15) is 4.79 Å². The van der Waals surface area contributed by atoms with Gasteiger partial charge in [0.25, 0.3) is 0 Å². The van der Waals surface area contributed by atoms with Crippen LogP contribution < -0.4 is 11.1 Å². The quantitative estimate of drug-likeness (QED) is 0.545. The average Bonchev–Trinajstić information content (AvgIpc) is 2.36. The molecule has 2 atom stereocenters. The molecule has 0 saturated heterocycles. The molecular weight excluding hydrogens is 232 g/mol. The number of carbonyl (C=O) groups is 1. The summed E-state index contributed by atoms with van der Waals surface area (Å²) in [6.45, 7) is 1.67. The molecule has 0 aliphatic heterocycles. The van der Waals surface area contributed by atoms with Crippen LogP contribution in [0.3, 0.4) is 0 Å². The van der Waals surface area contributed by atoms with Crippen LogP contribution in [0.5, 0.6) is 0 Å². The summed E-state index contributed by atoms with van der Waals surface area (Å²) in [4.78, 5) is 11.6. The predicted octanol–water partition coefficient (Wildman–Crippen LogP) is 0.232. The number of anilines is 1. The molecule has 1 aromatic rings. The van der Waals surface area contributed by atoms with Gasteiger partial charge in [0, 0.05) is 18.7 Å². The van der Waals surface area contributed by atoms with E-state index in [1.165, 1.54) is 0 Å². The summed E-state index contributed by atoms with van der Waals surface area (Å²) in [5.41, 5.74) is 7.33. The van der Waals surface area contributed by atoms with Crippen LogP contribution >= 0.6 is 0 Å². The first-order valence-corrected chi connectivity index (χ1v) is 5.94. The fraction of sp³-hybridized carbons (Fsp3) is 0.462. The molecule has 5 N–H and O–H groups in total. The highest BCUT2D eigenvalue weighted by Gasteiger charge is 2.12. The third-order valence-electron chi connectivity index (χ3n) is 2.74. The zero-order valence-corrected chi connectivity index (χ0v) is 10.5. The maximum absolute atomic E-state index is 11.6. The normalized spacial score (nSPS) is 13.9. The molecule has 1 aromatic carbocycles. The summed E-state index contributed by atoms with van der Waals surface area (Å²) in [6.07, 6.45) is -0.567. The number of amides is 1. The van der Waals surface area contributed by atoms with E-state index >= 15 is 0 Å². The van der Waals surface area contributed by atoms with Gasteiger partial charge in [-0.05, 0) is 23.6 Å². The number of nitrogens with two attached hydrogens (primary N) is 1. The Morgan fingerprint density at radius 3 is 2.56 bits per heavy atom.